The fourth-order valence-corrected chi connectivity index (χ4v) is 3.49. The summed E-state index contributed by atoms with van der Waals surface area (Å²) in [4.78, 5) is 11.5. The van der Waals surface area contributed by atoms with Crippen LogP contribution in [0.15, 0.2) is 23.2 Å². The van der Waals surface area contributed by atoms with Crippen molar-refractivity contribution in [3.05, 3.63) is 23.2 Å². The number of hydrogen-bond donors (Lipinski definition) is 0. The Hall–Kier alpha value is -1.10. The summed E-state index contributed by atoms with van der Waals surface area (Å²) in [6, 6.07) is 0. The van der Waals surface area contributed by atoms with Crippen molar-refractivity contribution in [3.63, 3.8) is 0 Å². The SMILES string of the molecule is CC(C)C1CCCN(c2nc(Br)cn3ccnc23)CC1. The lowest BCUT2D eigenvalue weighted by atomic mass is 9.89. The van der Waals surface area contributed by atoms with Crippen LogP contribution in [-0.4, -0.2) is 27.5 Å². The van der Waals surface area contributed by atoms with E-state index in [2.05, 4.69) is 44.6 Å². The largest absolute Gasteiger partial charge is 0.353 e. The van der Waals surface area contributed by atoms with Crippen LogP contribution < -0.4 is 4.90 Å². The van der Waals surface area contributed by atoms with Gasteiger partial charge < -0.3 is 9.30 Å². The molecule has 1 saturated heterocycles. The number of imidazole rings is 1. The van der Waals surface area contributed by atoms with Crippen molar-refractivity contribution in [2.24, 2.45) is 11.8 Å². The highest BCUT2D eigenvalue weighted by Gasteiger charge is 2.22. The van der Waals surface area contributed by atoms with Crippen LogP contribution in [0.2, 0.25) is 0 Å². The van der Waals surface area contributed by atoms with Gasteiger partial charge in [-0.15, -0.1) is 0 Å². The summed E-state index contributed by atoms with van der Waals surface area (Å²) in [5.74, 6) is 2.62. The molecule has 0 radical (unpaired) electrons. The Morgan fingerprint density at radius 2 is 2.15 bits per heavy atom. The van der Waals surface area contributed by atoms with Crippen molar-refractivity contribution in [2.45, 2.75) is 33.1 Å². The third-order valence-electron chi connectivity index (χ3n) is 4.34. The third-order valence-corrected chi connectivity index (χ3v) is 4.72. The van der Waals surface area contributed by atoms with Gasteiger partial charge in [-0.05, 0) is 47.0 Å². The van der Waals surface area contributed by atoms with Crippen LogP contribution in [0, 0.1) is 11.8 Å². The predicted octanol–water partition coefficient (Wildman–Crippen LogP) is 3.75. The maximum atomic E-state index is 4.67. The number of anilines is 1. The highest BCUT2D eigenvalue weighted by Crippen LogP contribution is 2.28. The lowest BCUT2D eigenvalue weighted by molar-refractivity contribution is 0.351. The smallest absolute Gasteiger partial charge is 0.180 e. The number of hydrogen-bond acceptors (Lipinski definition) is 3. The molecule has 0 amide bonds. The Bertz CT molecular complexity index is 593. The number of nitrogens with zero attached hydrogens (tertiary/aromatic N) is 4. The second-order valence-corrected chi connectivity index (χ2v) is 6.78. The van der Waals surface area contributed by atoms with Gasteiger partial charge in [-0.25, -0.2) is 9.97 Å². The molecule has 2 aromatic rings. The van der Waals surface area contributed by atoms with Crippen molar-refractivity contribution in [3.8, 4) is 0 Å². The molecule has 3 rings (SSSR count). The second kappa shape index (κ2) is 5.72. The van der Waals surface area contributed by atoms with E-state index in [1.54, 1.807) is 0 Å². The molecule has 3 heterocycles. The van der Waals surface area contributed by atoms with E-state index in [0.29, 0.717) is 0 Å². The first-order valence-electron chi connectivity index (χ1n) is 7.39. The molecule has 1 fully saturated rings. The third kappa shape index (κ3) is 2.68. The van der Waals surface area contributed by atoms with E-state index in [1.807, 2.05) is 23.0 Å². The summed E-state index contributed by atoms with van der Waals surface area (Å²) >= 11 is 3.50. The Balaban J connectivity index is 1.89. The topological polar surface area (TPSA) is 33.4 Å². The Labute approximate surface area is 128 Å². The van der Waals surface area contributed by atoms with Gasteiger partial charge in [0.25, 0.3) is 0 Å². The highest BCUT2D eigenvalue weighted by molar-refractivity contribution is 9.10. The van der Waals surface area contributed by atoms with Gasteiger partial charge in [-0.3, -0.25) is 0 Å². The Morgan fingerprint density at radius 1 is 1.30 bits per heavy atom. The molecular formula is C15H21BrN4. The van der Waals surface area contributed by atoms with Crippen molar-refractivity contribution in [1.29, 1.82) is 0 Å². The molecule has 2 aromatic heterocycles. The van der Waals surface area contributed by atoms with Crippen LogP contribution in [0.5, 0.6) is 0 Å². The van der Waals surface area contributed by atoms with Gasteiger partial charge in [-0.2, -0.15) is 0 Å². The van der Waals surface area contributed by atoms with Crippen LogP contribution in [0.1, 0.15) is 33.1 Å². The van der Waals surface area contributed by atoms with Gasteiger partial charge >= 0.3 is 0 Å². The number of rotatable bonds is 2. The van der Waals surface area contributed by atoms with Gasteiger partial charge in [0, 0.05) is 31.7 Å². The van der Waals surface area contributed by atoms with Crippen LogP contribution in [0.4, 0.5) is 5.82 Å². The minimum Gasteiger partial charge on any atom is -0.353 e. The Kier molecular flexibility index (Phi) is 3.96. The summed E-state index contributed by atoms with van der Waals surface area (Å²) in [5, 5.41) is 0. The lowest BCUT2D eigenvalue weighted by Crippen LogP contribution is -2.26. The van der Waals surface area contributed by atoms with Crippen molar-refractivity contribution in [2.75, 3.05) is 18.0 Å². The standard InChI is InChI=1S/C15H21BrN4/c1-11(2)12-4-3-7-19(8-5-12)15-14-17-6-9-20(14)10-13(16)18-15/h6,9-12H,3-5,7-8H2,1-2H3. The van der Waals surface area contributed by atoms with E-state index < -0.39 is 0 Å². The highest BCUT2D eigenvalue weighted by atomic mass is 79.9. The van der Waals surface area contributed by atoms with E-state index in [1.165, 1.54) is 19.3 Å². The average Bonchev–Trinajstić information content (AvgIpc) is 2.73. The molecule has 1 aliphatic rings. The molecule has 0 spiro atoms. The molecule has 4 nitrogen and oxygen atoms in total. The molecule has 0 aromatic carbocycles. The average molecular weight is 337 g/mol. The van der Waals surface area contributed by atoms with E-state index in [9.17, 15) is 0 Å². The first-order valence-corrected chi connectivity index (χ1v) is 8.18. The fraction of sp³-hybridized carbons (Fsp3) is 0.600. The zero-order chi connectivity index (χ0) is 14.1. The summed E-state index contributed by atoms with van der Waals surface area (Å²) < 4.78 is 2.90. The minimum absolute atomic E-state index is 0.775. The second-order valence-electron chi connectivity index (χ2n) is 5.97. The monoisotopic (exact) mass is 336 g/mol. The molecule has 1 unspecified atom stereocenters. The molecule has 0 aliphatic carbocycles. The van der Waals surface area contributed by atoms with Crippen LogP contribution in [-0.2, 0) is 0 Å². The first kappa shape index (κ1) is 13.9. The van der Waals surface area contributed by atoms with Gasteiger partial charge in [0.05, 0.1) is 0 Å². The molecule has 1 atom stereocenters. The van der Waals surface area contributed by atoms with Gasteiger partial charge in [0.15, 0.2) is 11.5 Å². The maximum absolute atomic E-state index is 4.67. The Morgan fingerprint density at radius 3 is 2.95 bits per heavy atom. The minimum atomic E-state index is 0.775. The van der Waals surface area contributed by atoms with Crippen molar-refractivity contribution < 1.29 is 0 Å². The van der Waals surface area contributed by atoms with E-state index >= 15 is 0 Å². The predicted molar refractivity (Wildman–Crippen MR) is 85.1 cm³/mol. The normalized spacial score (nSPS) is 20.6. The van der Waals surface area contributed by atoms with Crippen molar-refractivity contribution >= 4 is 27.4 Å². The molecular weight excluding hydrogens is 316 g/mol. The number of aromatic nitrogens is 3. The molecule has 108 valence electrons. The fourth-order valence-electron chi connectivity index (χ4n) is 3.10. The quantitative estimate of drug-likeness (QED) is 0.837. The molecule has 20 heavy (non-hydrogen) atoms. The van der Waals surface area contributed by atoms with Crippen LogP contribution in [0.3, 0.4) is 0 Å². The van der Waals surface area contributed by atoms with E-state index in [0.717, 1.165) is 41.0 Å². The van der Waals surface area contributed by atoms with Crippen LogP contribution >= 0.6 is 15.9 Å². The zero-order valence-electron chi connectivity index (χ0n) is 12.1. The summed E-state index contributed by atoms with van der Waals surface area (Å²) in [7, 11) is 0. The first-order chi connectivity index (χ1) is 9.65. The molecule has 0 saturated carbocycles. The number of fused-ring (bicyclic) bond motifs is 1. The molecule has 1 aliphatic heterocycles. The van der Waals surface area contributed by atoms with E-state index in [-0.39, 0.29) is 0 Å². The van der Waals surface area contributed by atoms with Crippen LogP contribution in [0.25, 0.3) is 5.65 Å². The zero-order valence-corrected chi connectivity index (χ0v) is 13.7. The molecule has 0 N–H and O–H groups in total. The van der Waals surface area contributed by atoms with Gasteiger partial charge in [-0.1, -0.05) is 13.8 Å². The molecule has 0 bridgehead atoms. The van der Waals surface area contributed by atoms with Crippen molar-refractivity contribution in [1.82, 2.24) is 14.4 Å². The van der Waals surface area contributed by atoms with Gasteiger partial charge in [0.1, 0.15) is 4.60 Å². The summed E-state index contributed by atoms with van der Waals surface area (Å²) in [6.45, 7) is 6.83. The lowest BCUT2D eigenvalue weighted by Gasteiger charge is -2.23. The maximum Gasteiger partial charge on any atom is 0.180 e. The molecule has 5 heteroatoms. The van der Waals surface area contributed by atoms with E-state index in [4.69, 9.17) is 0 Å². The summed E-state index contributed by atoms with van der Waals surface area (Å²) in [6.07, 6.45) is 9.58. The summed E-state index contributed by atoms with van der Waals surface area (Å²) in [5.41, 5.74) is 0.955. The number of halogens is 1. The van der Waals surface area contributed by atoms with Gasteiger partial charge in [0.2, 0.25) is 0 Å².